The molecule has 0 heterocycles. The van der Waals surface area contributed by atoms with Crippen molar-refractivity contribution < 1.29 is 19.4 Å². The van der Waals surface area contributed by atoms with Gasteiger partial charge in [-0.3, -0.25) is 9.59 Å². The number of rotatable bonds is 10. The van der Waals surface area contributed by atoms with Crippen LogP contribution in [0.15, 0.2) is 0 Å². The van der Waals surface area contributed by atoms with E-state index < -0.39 is 5.97 Å². The fourth-order valence-electron chi connectivity index (χ4n) is 1.62. The lowest BCUT2D eigenvalue weighted by molar-refractivity contribution is -0.138. The van der Waals surface area contributed by atoms with Gasteiger partial charge < -0.3 is 14.7 Å². The van der Waals surface area contributed by atoms with E-state index in [2.05, 4.69) is 0 Å². The maximum atomic E-state index is 11.9. The largest absolute Gasteiger partial charge is 0.481 e. The summed E-state index contributed by atoms with van der Waals surface area (Å²) in [7, 11) is 0. The smallest absolute Gasteiger partial charge is 0.305 e. The molecule has 0 spiro atoms. The van der Waals surface area contributed by atoms with Crippen molar-refractivity contribution in [3.05, 3.63) is 0 Å². The van der Waals surface area contributed by atoms with Crippen LogP contribution < -0.4 is 0 Å². The van der Waals surface area contributed by atoms with Crippen LogP contribution in [0.5, 0.6) is 0 Å². The number of aliphatic carboxylic acids is 1. The quantitative estimate of drug-likeness (QED) is 0.607. The summed E-state index contributed by atoms with van der Waals surface area (Å²) in [4.78, 5) is 24.1. The van der Waals surface area contributed by atoms with Gasteiger partial charge in [-0.25, -0.2) is 0 Å². The molecular weight excluding hydrogens is 234 g/mol. The van der Waals surface area contributed by atoms with Crippen molar-refractivity contribution in [3.63, 3.8) is 0 Å². The molecule has 5 heteroatoms. The van der Waals surface area contributed by atoms with Crippen LogP contribution in [0, 0.1) is 5.92 Å². The predicted molar refractivity (Wildman–Crippen MR) is 69.4 cm³/mol. The molecule has 5 nitrogen and oxygen atoms in total. The Kier molecular flexibility index (Phi) is 9.28. The van der Waals surface area contributed by atoms with Gasteiger partial charge in [-0.2, -0.15) is 0 Å². The number of hydrogen-bond donors (Lipinski definition) is 1. The zero-order valence-electron chi connectivity index (χ0n) is 11.6. The summed E-state index contributed by atoms with van der Waals surface area (Å²) in [6, 6.07) is 0. The average molecular weight is 259 g/mol. The summed E-state index contributed by atoms with van der Waals surface area (Å²) in [6.45, 7) is 8.09. The molecule has 0 aliphatic rings. The molecule has 0 atom stereocenters. The minimum absolute atomic E-state index is 0.00389. The van der Waals surface area contributed by atoms with Crippen molar-refractivity contribution in [2.24, 2.45) is 5.92 Å². The van der Waals surface area contributed by atoms with Crippen LogP contribution in [-0.2, 0) is 14.3 Å². The third-order valence-electron chi connectivity index (χ3n) is 2.42. The first-order valence-corrected chi connectivity index (χ1v) is 6.54. The van der Waals surface area contributed by atoms with Gasteiger partial charge in [0.05, 0.1) is 6.42 Å². The highest BCUT2D eigenvalue weighted by Gasteiger charge is 2.15. The number of carboxylic acids is 1. The van der Waals surface area contributed by atoms with Crippen LogP contribution >= 0.6 is 0 Å². The second kappa shape index (κ2) is 9.88. The Morgan fingerprint density at radius 1 is 1.28 bits per heavy atom. The highest BCUT2D eigenvalue weighted by Crippen LogP contribution is 2.05. The first-order valence-electron chi connectivity index (χ1n) is 6.54. The second-order valence-electron chi connectivity index (χ2n) is 4.68. The lowest BCUT2D eigenvalue weighted by atomic mass is 10.2. The maximum Gasteiger partial charge on any atom is 0.305 e. The molecule has 106 valence electrons. The number of ether oxygens (including phenoxy) is 1. The highest BCUT2D eigenvalue weighted by atomic mass is 16.5. The minimum Gasteiger partial charge on any atom is -0.481 e. The molecule has 0 fully saturated rings. The van der Waals surface area contributed by atoms with Crippen molar-refractivity contribution in [1.82, 2.24) is 4.90 Å². The lowest BCUT2D eigenvalue weighted by Gasteiger charge is -2.24. The SMILES string of the molecule is CCOCCCC(=O)N(CCC(=O)O)CC(C)C. The predicted octanol–water partition coefficient (Wildman–Crippen LogP) is 1.76. The molecule has 0 saturated carbocycles. The van der Waals surface area contributed by atoms with Crippen LogP contribution in [0.1, 0.15) is 40.0 Å². The summed E-state index contributed by atoms with van der Waals surface area (Å²) in [5.41, 5.74) is 0. The monoisotopic (exact) mass is 259 g/mol. The molecule has 0 aromatic rings. The van der Waals surface area contributed by atoms with E-state index in [1.807, 2.05) is 20.8 Å². The zero-order chi connectivity index (χ0) is 14.0. The van der Waals surface area contributed by atoms with Gasteiger partial charge >= 0.3 is 5.97 Å². The van der Waals surface area contributed by atoms with E-state index in [1.54, 1.807) is 4.90 Å². The standard InChI is InChI=1S/C13H25NO4/c1-4-18-9-5-6-12(15)14(10-11(2)3)8-7-13(16)17/h11H,4-10H2,1-3H3,(H,16,17). The number of hydrogen-bond acceptors (Lipinski definition) is 3. The van der Waals surface area contributed by atoms with E-state index in [0.717, 1.165) is 0 Å². The fourth-order valence-corrected chi connectivity index (χ4v) is 1.62. The van der Waals surface area contributed by atoms with E-state index in [4.69, 9.17) is 9.84 Å². The number of amides is 1. The molecule has 1 N–H and O–H groups in total. The van der Waals surface area contributed by atoms with Gasteiger partial charge in [-0.05, 0) is 19.3 Å². The Morgan fingerprint density at radius 3 is 2.44 bits per heavy atom. The second-order valence-corrected chi connectivity index (χ2v) is 4.68. The number of nitrogens with zero attached hydrogens (tertiary/aromatic N) is 1. The Labute approximate surface area is 109 Å². The summed E-state index contributed by atoms with van der Waals surface area (Å²) < 4.78 is 5.18. The third kappa shape index (κ3) is 8.98. The molecular formula is C13H25NO4. The van der Waals surface area contributed by atoms with Gasteiger partial charge in [0.25, 0.3) is 0 Å². The molecule has 18 heavy (non-hydrogen) atoms. The van der Waals surface area contributed by atoms with E-state index in [9.17, 15) is 9.59 Å². The Bertz CT molecular complexity index is 253. The van der Waals surface area contributed by atoms with Crippen molar-refractivity contribution in [3.8, 4) is 0 Å². The Morgan fingerprint density at radius 2 is 1.94 bits per heavy atom. The average Bonchev–Trinajstić information content (AvgIpc) is 2.29. The van der Waals surface area contributed by atoms with Crippen LogP contribution in [0.2, 0.25) is 0 Å². The first kappa shape index (κ1) is 16.9. The fraction of sp³-hybridized carbons (Fsp3) is 0.846. The van der Waals surface area contributed by atoms with Gasteiger partial charge in [0, 0.05) is 32.7 Å². The highest BCUT2D eigenvalue weighted by molar-refractivity contribution is 5.77. The number of carbonyl (C=O) groups excluding carboxylic acids is 1. The van der Waals surface area contributed by atoms with E-state index >= 15 is 0 Å². The van der Waals surface area contributed by atoms with Crippen molar-refractivity contribution >= 4 is 11.9 Å². The van der Waals surface area contributed by atoms with Crippen LogP contribution in [-0.4, -0.2) is 48.2 Å². The van der Waals surface area contributed by atoms with Crippen molar-refractivity contribution in [2.45, 2.75) is 40.0 Å². The minimum atomic E-state index is -0.870. The zero-order valence-corrected chi connectivity index (χ0v) is 11.6. The molecule has 0 radical (unpaired) electrons. The first-order chi connectivity index (χ1) is 8.47. The molecule has 0 aliphatic heterocycles. The lowest BCUT2D eigenvalue weighted by Crippen LogP contribution is -2.35. The van der Waals surface area contributed by atoms with E-state index in [0.29, 0.717) is 45.1 Å². The van der Waals surface area contributed by atoms with Crippen LogP contribution in [0.3, 0.4) is 0 Å². The Balaban J connectivity index is 4.09. The molecule has 0 bridgehead atoms. The Hall–Kier alpha value is -1.10. The molecule has 0 aromatic heterocycles. The molecule has 1 amide bonds. The van der Waals surface area contributed by atoms with Gasteiger partial charge in [0.2, 0.25) is 5.91 Å². The molecule has 0 aliphatic carbocycles. The summed E-state index contributed by atoms with van der Waals surface area (Å²) in [6.07, 6.45) is 1.12. The maximum absolute atomic E-state index is 11.9. The summed E-state index contributed by atoms with van der Waals surface area (Å²) >= 11 is 0. The van der Waals surface area contributed by atoms with Gasteiger partial charge in [-0.15, -0.1) is 0 Å². The van der Waals surface area contributed by atoms with Gasteiger partial charge in [0.1, 0.15) is 0 Å². The number of carboxylic acid groups (broad SMARTS) is 1. The molecule has 0 unspecified atom stereocenters. The molecule has 0 rings (SSSR count). The topological polar surface area (TPSA) is 66.8 Å². The van der Waals surface area contributed by atoms with Crippen LogP contribution in [0.4, 0.5) is 0 Å². The van der Waals surface area contributed by atoms with Gasteiger partial charge in [-0.1, -0.05) is 13.8 Å². The van der Waals surface area contributed by atoms with Crippen LogP contribution in [0.25, 0.3) is 0 Å². The summed E-state index contributed by atoms with van der Waals surface area (Å²) in [5, 5.41) is 8.67. The summed E-state index contributed by atoms with van der Waals surface area (Å²) in [5.74, 6) is -0.509. The molecule has 0 saturated heterocycles. The number of carbonyl (C=O) groups is 2. The normalized spacial score (nSPS) is 10.7. The van der Waals surface area contributed by atoms with Crippen molar-refractivity contribution in [2.75, 3.05) is 26.3 Å². The van der Waals surface area contributed by atoms with Gasteiger partial charge in [0.15, 0.2) is 0 Å². The third-order valence-corrected chi connectivity index (χ3v) is 2.42. The van der Waals surface area contributed by atoms with E-state index in [1.165, 1.54) is 0 Å². The van der Waals surface area contributed by atoms with Crippen molar-refractivity contribution in [1.29, 1.82) is 0 Å². The molecule has 0 aromatic carbocycles. The van der Waals surface area contributed by atoms with E-state index in [-0.39, 0.29) is 12.3 Å².